The molecule has 1 saturated carbocycles. The van der Waals surface area contributed by atoms with Gasteiger partial charge in [-0.25, -0.2) is 0 Å². The van der Waals surface area contributed by atoms with Crippen molar-refractivity contribution in [2.45, 2.75) is 51.2 Å². The van der Waals surface area contributed by atoms with Crippen molar-refractivity contribution in [3.63, 3.8) is 0 Å². The molecule has 1 aromatic carbocycles. The average molecular weight is 320 g/mol. The number of amides is 1. The zero-order valence-corrected chi connectivity index (χ0v) is 14.3. The minimum atomic E-state index is -1.28. The van der Waals surface area contributed by atoms with Crippen molar-refractivity contribution >= 4 is 23.0 Å². The molecule has 1 aliphatic rings. The first kappa shape index (κ1) is 17.0. The number of benzene rings is 1. The van der Waals surface area contributed by atoms with Gasteiger partial charge in [0.1, 0.15) is 16.1 Å². The Bertz CT molecular complexity index is 557. The minimum absolute atomic E-state index is 0.377. The van der Waals surface area contributed by atoms with E-state index in [2.05, 4.69) is 4.40 Å². The van der Waals surface area contributed by atoms with Gasteiger partial charge in [-0.05, 0) is 51.7 Å². The largest absolute Gasteiger partial charge is 0.591 e. The molecule has 1 fully saturated rings. The van der Waals surface area contributed by atoms with Gasteiger partial charge in [0, 0.05) is 11.1 Å². The van der Waals surface area contributed by atoms with Crippen LogP contribution < -0.4 is 5.73 Å². The summed E-state index contributed by atoms with van der Waals surface area (Å²) in [4.78, 5) is 11.2. The second-order valence-corrected chi connectivity index (χ2v) is 8.73. The van der Waals surface area contributed by atoms with Gasteiger partial charge in [-0.3, -0.25) is 4.79 Å². The molecule has 0 aliphatic heterocycles. The van der Waals surface area contributed by atoms with Crippen molar-refractivity contribution in [2.24, 2.45) is 16.0 Å². The predicted molar refractivity (Wildman–Crippen MR) is 91.4 cm³/mol. The number of nitrogens with two attached hydrogens (primary N) is 1. The Labute approximate surface area is 135 Å². The van der Waals surface area contributed by atoms with Crippen LogP contribution >= 0.6 is 0 Å². The molecule has 22 heavy (non-hydrogen) atoms. The fourth-order valence-corrected chi connectivity index (χ4v) is 2.72. The molecule has 0 heterocycles. The van der Waals surface area contributed by atoms with E-state index in [0.29, 0.717) is 5.56 Å². The molecule has 1 aromatic rings. The maximum absolute atomic E-state index is 12.3. The summed E-state index contributed by atoms with van der Waals surface area (Å²) in [6.07, 6.45) is 4.48. The first-order chi connectivity index (χ1) is 10.3. The predicted octanol–water partition coefficient (Wildman–Crippen LogP) is 3.23. The maximum atomic E-state index is 12.3. The van der Waals surface area contributed by atoms with E-state index in [1.165, 1.54) is 12.8 Å². The molecule has 0 bridgehead atoms. The molecule has 0 saturated heterocycles. The molecular formula is C17H24N2O2S. The van der Waals surface area contributed by atoms with E-state index in [-0.39, 0.29) is 4.75 Å². The van der Waals surface area contributed by atoms with Gasteiger partial charge in [-0.1, -0.05) is 29.4 Å². The smallest absolute Gasteiger partial charge is 0.248 e. The van der Waals surface area contributed by atoms with Gasteiger partial charge in [0.15, 0.2) is 0 Å². The highest BCUT2D eigenvalue weighted by molar-refractivity contribution is 7.91. The Morgan fingerprint density at radius 3 is 2.27 bits per heavy atom. The zero-order valence-electron chi connectivity index (χ0n) is 13.5. The van der Waals surface area contributed by atoms with Crippen LogP contribution in [-0.4, -0.2) is 20.9 Å². The van der Waals surface area contributed by atoms with E-state index in [0.717, 1.165) is 30.0 Å². The van der Waals surface area contributed by atoms with Gasteiger partial charge in [0.05, 0.1) is 5.71 Å². The topological polar surface area (TPSA) is 78.5 Å². The molecule has 5 heteroatoms. The summed E-state index contributed by atoms with van der Waals surface area (Å²) < 4.78 is 16.4. The quantitative estimate of drug-likeness (QED) is 0.645. The fraction of sp³-hybridized carbons (Fsp3) is 0.529. The molecule has 2 rings (SSSR count). The molecular weight excluding hydrogens is 296 g/mol. The minimum Gasteiger partial charge on any atom is -0.591 e. The van der Waals surface area contributed by atoms with Gasteiger partial charge in [0.25, 0.3) is 0 Å². The Hall–Kier alpha value is -1.33. The number of rotatable bonds is 6. The van der Waals surface area contributed by atoms with Crippen LogP contribution in [0.15, 0.2) is 28.7 Å². The van der Waals surface area contributed by atoms with Crippen molar-refractivity contribution in [3.05, 3.63) is 35.4 Å². The van der Waals surface area contributed by atoms with E-state index < -0.39 is 17.3 Å². The van der Waals surface area contributed by atoms with E-state index in [4.69, 9.17) is 5.73 Å². The summed E-state index contributed by atoms with van der Waals surface area (Å²) in [5.74, 6) is 0.347. The lowest BCUT2D eigenvalue weighted by Gasteiger charge is -2.19. The molecule has 2 N–H and O–H groups in total. The second-order valence-electron chi connectivity index (χ2n) is 6.82. The van der Waals surface area contributed by atoms with Crippen LogP contribution in [0, 0.1) is 5.92 Å². The number of nitrogens with zero attached hydrogens (tertiary/aromatic N) is 1. The van der Waals surface area contributed by atoms with Gasteiger partial charge >= 0.3 is 0 Å². The summed E-state index contributed by atoms with van der Waals surface area (Å²) in [5, 5.41) is 0. The molecule has 1 atom stereocenters. The Morgan fingerprint density at radius 1 is 1.27 bits per heavy atom. The summed E-state index contributed by atoms with van der Waals surface area (Å²) in [6.45, 7) is 5.75. The van der Waals surface area contributed by atoms with E-state index in [9.17, 15) is 9.35 Å². The van der Waals surface area contributed by atoms with Crippen molar-refractivity contribution in [3.8, 4) is 0 Å². The highest BCUT2D eigenvalue weighted by Gasteiger charge is 2.28. The monoisotopic (exact) mass is 320 g/mol. The van der Waals surface area contributed by atoms with Crippen molar-refractivity contribution in [1.82, 2.24) is 0 Å². The van der Waals surface area contributed by atoms with Crippen molar-refractivity contribution in [1.29, 1.82) is 0 Å². The Morgan fingerprint density at radius 2 is 1.82 bits per heavy atom. The highest BCUT2D eigenvalue weighted by Crippen LogP contribution is 2.34. The summed E-state index contributed by atoms with van der Waals surface area (Å²) in [5.41, 5.74) is 7.52. The fourth-order valence-electron chi connectivity index (χ4n) is 2.05. The van der Waals surface area contributed by atoms with Crippen LogP contribution in [0.4, 0.5) is 0 Å². The molecule has 0 radical (unpaired) electrons. The zero-order chi connectivity index (χ0) is 16.3. The van der Waals surface area contributed by atoms with E-state index in [1.54, 1.807) is 12.1 Å². The second kappa shape index (κ2) is 6.84. The number of hydrogen-bond acceptors (Lipinski definition) is 3. The van der Waals surface area contributed by atoms with Gasteiger partial charge in [0.2, 0.25) is 5.91 Å². The lowest BCUT2D eigenvalue weighted by Crippen LogP contribution is -2.27. The summed E-state index contributed by atoms with van der Waals surface area (Å²) >= 11 is -1.28. The molecule has 1 unspecified atom stereocenters. The summed E-state index contributed by atoms with van der Waals surface area (Å²) in [7, 11) is 0. The van der Waals surface area contributed by atoms with E-state index in [1.807, 2.05) is 32.9 Å². The number of carbonyl (C=O) groups excluding carboxylic acids is 1. The lowest BCUT2D eigenvalue weighted by molar-refractivity contribution is 0.100. The first-order valence-corrected chi connectivity index (χ1v) is 8.78. The highest BCUT2D eigenvalue weighted by atomic mass is 32.2. The van der Waals surface area contributed by atoms with Crippen LogP contribution in [0.1, 0.15) is 62.4 Å². The van der Waals surface area contributed by atoms with Crippen LogP contribution in [0.5, 0.6) is 0 Å². The SMILES string of the molecule is CC(C)(C)[S+]([O-])/N=C(\CCC1CC1)c1ccc(C(N)=O)cc1. The van der Waals surface area contributed by atoms with Crippen LogP contribution in [0.3, 0.4) is 0 Å². The third kappa shape index (κ3) is 4.85. The third-order valence-electron chi connectivity index (χ3n) is 3.71. The number of carbonyl (C=O) groups is 1. The van der Waals surface area contributed by atoms with Crippen LogP contribution in [0.2, 0.25) is 0 Å². The average Bonchev–Trinajstić information content (AvgIpc) is 3.26. The molecule has 120 valence electrons. The molecule has 4 nitrogen and oxygen atoms in total. The van der Waals surface area contributed by atoms with Crippen LogP contribution in [0.25, 0.3) is 0 Å². The van der Waals surface area contributed by atoms with Gasteiger partial charge in [-0.15, -0.1) is 0 Å². The Balaban J connectivity index is 2.22. The maximum Gasteiger partial charge on any atom is 0.248 e. The van der Waals surface area contributed by atoms with E-state index >= 15 is 0 Å². The standard InChI is InChI=1S/C17H24N2O2S/c1-17(2,3)22(21)19-15(11-6-12-4-5-12)13-7-9-14(10-8-13)16(18)20/h7-10,12H,4-6,11H2,1-3H3,(H2,18,20)/b19-15+. The Kier molecular flexibility index (Phi) is 5.29. The molecule has 0 spiro atoms. The molecule has 1 amide bonds. The molecule has 0 aromatic heterocycles. The van der Waals surface area contributed by atoms with Crippen molar-refractivity contribution in [2.75, 3.05) is 0 Å². The lowest BCUT2D eigenvalue weighted by atomic mass is 10.0. The van der Waals surface area contributed by atoms with Crippen LogP contribution in [-0.2, 0) is 11.4 Å². The normalized spacial score (nSPS) is 17.4. The first-order valence-electron chi connectivity index (χ1n) is 7.67. The van der Waals surface area contributed by atoms with Crippen molar-refractivity contribution < 1.29 is 9.35 Å². The van der Waals surface area contributed by atoms with Gasteiger partial charge in [-0.2, -0.15) is 0 Å². The summed E-state index contributed by atoms with van der Waals surface area (Å²) in [6, 6.07) is 7.08. The van der Waals surface area contributed by atoms with Gasteiger partial charge < -0.3 is 10.3 Å². The number of hydrogen-bond donors (Lipinski definition) is 1. The molecule has 1 aliphatic carbocycles. The number of primary amides is 1. The third-order valence-corrected chi connectivity index (χ3v) is 5.14.